The molecule has 4 heteroatoms. The van der Waals surface area contributed by atoms with Crippen LogP contribution in [0.15, 0.2) is 71.7 Å². The lowest BCUT2D eigenvalue weighted by molar-refractivity contribution is 0.0696. The Balaban J connectivity index is 1.74. The summed E-state index contributed by atoms with van der Waals surface area (Å²) in [6.07, 6.45) is 5.64. The molecule has 0 aliphatic heterocycles. The summed E-state index contributed by atoms with van der Waals surface area (Å²) in [5, 5.41) is 9.10. The Bertz CT molecular complexity index is 1100. The molecule has 0 radical (unpaired) electrons. The first kappa shape index (κ1) is 20.3. The third-order valence-corrected chi connectivity index (χ3v) is 4.79. The van der Waals surface area contributed by atoms with E-state index in [9.17, 15) is 9.59 Å². The highest BCUT2D eigenvalue weighted by atomic mass is 16.4. The predicted octanol–water partition coefficient (Wildman–Crippen LogP) is 5.06. The maximum absolute atomic E-state index is 12.4. The number of aromatic nitrogens is 1. The molecule has 148 valence electrons. The molecule has 0 amide bonds. The van der Waals surface area contributed by atoms with Crippen LogP contribution in [-0.4, -0.2) is 15.6 Å². The fourth-order valence-electron chi connectivity index (χ4n) is 3.04. The molecule has 1 N–H and O–H groups in total. The minimum atomic E-state index is -0.977. The van der Waals surface area contributed by atoms with Crippen LogP contribution in [-0.2, 0) is 12.0 Å². The maximum atomic E-state index is 12.4. The molecule has 0 saturated heterocycles. The smallest absolute Gasteiger partial charge is 0.335 e. The summed E-state index contributed by atoms with van der Waals surface area (Å²) < 4.78 is 1.57. The third-order valence-electron chi connectivity index (χ3n) is 4.79. The zero-order valence-electron chi connectivity index (χ0n) is 16.9. The molecule has 0 atom stereocenters. The van der Waals surface area contributed by atoms with Crippen LogP contribution in [0.4, 0.5) is 0 Å². The zero-order valence-corrected chi connectivity index (χ0v) is 16.9. The topological polar surface area (TPSA) is 59.3 Å². The Morgan fingerprint density at radius 1 is 0.966 bits per heavy atom. The van der Waals surface area contributed by atoms with Crippen LogP contribution >= 0.6 is 0 Å². The van der Waals surface area contributed by atoms with E-state index >= 15 is 0 Å². The summed E-state index contributed by atoms with van der Waals surface area (Å²) in [4.78, 5) is 23.5. The SMILES string of the molecule is CC(C)(C)c1ccc(/C=C/c2ccn(Cc3cccc(C(=O)O)c3)c(=O)c2)cc1. The van der Waals surface area contributed by atoms with Gasteiger partial charge in [0.25, 0.3) is 5.56 Å². The van der Waals surface area contributed by atoms with Crippen molar-refractivity contribution in [1.82, 2.24) is 4.57 Å². The highest BCUT2D eigenvalue weighted by molar-refractivity contribution is 5.87. The molecule has 0 fully saturated rings. The van der Waals surface area contributed by atoms with Crippen LogP contribution in [0.1, 0.15) is 53.4 Å². The van der Waals surface area contributed by atoms with Crippen LogP contribution in [0, 0.1) is 0 Å². The summed E-state index contributed by atoms with van der Waals surface area (Å²) >= 11 is 0. The van der Waals surface area contributed by atoms with Crippen LogP contribution in [0.3, 0.4) is 0 Å². The first-order valence-electron chi connectivity index (χ1n) is 9.54. The summed E-state index contributed by atoms with van der Waals surface area (Å²) in [5.74, 6) is -0.977. The molecular formula is C25H25NO3. The van der Waals surface area contributed by atoms with Gasteiger partial charge in [-0.05, 0) is 45.9 Å². The van der Waals surface area contributed by atoms with Gasteiger partial charge in [-0.15, -0.1) is 0 Å². The van der Waals surface area contributed by atoms with E-state index in [1.54, 1.807) is 29.0 Å². The Morgan fingerprint density at radius 3 is 2.28 bits per heavy atom. The highest BCUT2D eigenvalue weighted by Crippen LogP contribution is 2.22. The number of carbonyl (C=O) groups is 1. The average molecular weight is 387 g/mol. The maximum Gasteiger partial charge on any atom is 0.335 e. The molecule has 4 nitrogen and oxygen atoms in total. The van der Waals surface area contributed by atoms with Gasteiger partial charge in [0.05, 0.1) is 12.1 Å². The normalized spacial score (nSPS) is 11.7. The second-order valence-electron chi connectivity index (χ2n) is 8.14. The van der Waals surface area contributed by atoms with Gasteiger partial charge in [0.1, 0.15) is 0 Å². The van der Waals surface area contributed by atoms with Crippen molar-refractivity contribution in [3.05, 3.63) is 105 Å². The van der Waals surface area contributed by atoms with Crippen molar-refractivity contribution in [3.8, 4) is 0 Å². The number of carboxylic acid groups (broad SMARTS) is 1. The molecule has 0 aliphatic rings. The molecule has 1 aromatic heterocycles. The molecule has 3 aromatic rings. The van der Waals surface area contributed by atoms with Crippen molar-refractivity contribution >= 4 is 18.1 Å². The van der Waals surface area contributed by atoms with E-state index in [4.69, 9.17) is 5.11 Å². The van der Waals surface area contributed by atoms with Gasteiger partial charge in [-0.1, -0.05) is 69.3 Å². The standard InChI is InChI=1S/C25H25NO3/c1-25(2,3)22-11-9-18(10-12-22)7-8-19-13-14-26(23(27)16-19)17-20-5-4-6-21(15-20)24(28)29/h4-16H,17H2,1-3H3,(H,28,29)/b8-7+. The third kappa shape index (κ3) is 5.32. The number of pyridine rings is 1. The second-order valence-corrected chi connectivity index (χ2v) is 8.14. The van der Waals surface area contributed by atoms with Gasteiger partial charge in [-0.25, -0.2) is 4.79 Å². The number of benzene rings is 2. The minimum Gasteiger partial charge on any atom is -0.478 e. The van der Waals surface area contributed by atoms with Crippen molar-refractivity contribution in [2.75, 3.05) is 0 Å². The fraction of sp³-hybridized carbons (Fsp3) is 0.200. The van der Waals surface area contributed by atoms with Gasteiger partial charge in [0.15, 0.2) is 0 Å². The van der Waals surface area contributed by atoms with Crippen LogP contribution in [0.2, 0.25) is 0 Å². The van der Waals surface area contributed by atoms with Crippen LogP contribution in [0.5, 0.6) is 0 Å². The van der Waals surface area contributed by atoms with E-state index in [2.05, 4.69) is 45.0 Å². The van der Waals surface area contributed by atoms with E-state index in [1.807, 2.05) is 24.3 Å². The Morgan fingerprint density at radius 2 is 1.66 bits per heavy atom. The Hall–Kier alpha value is -3.40. The van der Waals surface area contributed by atoms with Gasteiger partial charge < -0.3 is 9.67 Å². The van der Waals surface area contributed by atoms with Gasteiger partial charge in [0.2, 0.25) is 0 Å². The Kier molecular flexibility index (Phi) is 5.83. The molecule has 29 heavy (non-hydrogen) atoms. The van der Waals surface area contributed by atoms with Crippen molar-refractivity contribution in [2.24, 2.45) is 0 Å². The van der Waals surface area contributed by atoms with Crippen molar-refractivity contribution in [3.63, 3.8) is 0 Å². The number of rotatable bonds is 5. The highest BCUT2D eigenvalue weighted by Gasteiger charge is 2.12. The number of nitrogens with zero attached hydrogens (tertiary/aromatic N) is 1. The molecule has 1 heterocycles. The number of hydrogen-bond acceptors (Lipinski definition) is 2. The first-order valence-corrected chi connectivity index (χ1v) is 9.54. The van der Waals surface area contributed by atoms with Gasteiger partial charge >= 0.3 is 5.97 Å². The average Bonchev–Trinajstić information content (AvgIpc) is 2.68. The van der Waals surface area contributed by atoms with E-state index < -0.39 is 5.97 Å². The minimum absolute atomic E-state index is 0.122. The summed E-state index contributed by atoms with van der Waals surface area (Å²) in [7, 11) is 0. The number of carboxylic acids is 1. The summed E-state index contributed by atoms with van der Waals surface area (Å²) in [6, 6.07) is 18.5. The lowest BCUT2D eigenvalue weighted by atomic mass is 9.87. The molecule has 2 aromatic carbocycles. The quantitative estimate of drug-likeness (QED) is 0.665. The van der Waals surface area contributed by atoms with E-state index in [1.165, 1.54) is 11.6 Å². The van der Waals surface area contributed by atoms with E-state index in [0.717, 1.165) is 16.7 Å². The van der Waals surface area contributed by atoms with Gasteiger partial charge in [0, 0.05) is 12.3 Å². The zero-order chi connectivity index (χ0) is 21.0. The predicted molar refractivity (Wildman–Crippen MR) is 117 cm³/mol. The lowest BCUT2D eigenvalue weighted by Gasteiger charge is -2.18. The number of aromatic carboxylic acids is 1. The molecule has 0 spiro atoms. The van der Waals surface area contributed by atoms with E-state index in [0.29, 0.717) is 6.54 Å². The second kappa shape index (κ2) is 8.31. The molecular weight excluding hydrogens is 362 g/mol. The lowest BCUT2D eigenvalue weighted by Crippen LogP contribution is -2.19. The molecule has 0 aliphatic carbocycles. The largest absolute Gasteiger partial charge is 0.478 e. The Labute approximate surface area is 170 Å². The van der Waals surface area contributed by atoms with Gasteiger partial charge in [-0.3, -0.25) is 4.79 Å². The summed E-state index contributed by atoms with van der Waals surface area (Å²) in [5.41, 5.74) is 4.16. The van der Waals surface area contributed by atoms with Crippen molar-refractivity contribution in [2.45, 2.75) is 32.7 Å². The van der Waals surface area contributed by atoms with E-state index in [-0.39, 0.29) is 16.5 Å². The summed E-state index contributed by atoms with van der Waals surface area (Å²) in [6.45, 7) is 6.89. The van der Waals surface area contributed by atoms with Crippen LogP contribution in [0.25, 0.3) is 12.2 Å². The van der Waals surface area contributed by atoms with Crippen LogP contribution < -0.4 is 5.56 Å². The molecule has 3 rings (SSSR count). The van der Waals surface area contributed by atoms with Crippen molar-refractivity contribution in [1.29, 1.82) is 0 Å². The van der Waals surface area contributed by atoms with Gasteiger partial charge in [-0.2, -0.15) is 0 Å². The molecule has 0 unspecified atom stereocenters. The fourth-order valence-corrected chi connectivity index (χ4v) is 3.04. The first-order chi connectivity index (χ1) is 13.7. The molecule has 0 saturated carbocycles. The number of hydrogen-bond donors (Lipinski definition) is 1. The van der Waals surface area contributed by atoms with Crippen molar-refractivity contribution < 1.29 is 9.90 Å². The monoisotopic (exact) mass is 387 g/mol. The molecule has 0 bridgehead atoms.